The lowest BCUT2D eigenvalue weighted by Crippen LogP contribution is -2.37. The van der Waals surface area contributed by atoms with E-state index in [1.165, 1.54) is 12.3 Å². The van der Waals surface area contributed by atoms with Crippen LogP contribution in [-0.2, 0) is 10.9 Å². The van der Waals surface area contributed by atoms with Gasteiger partial charge < -0.3 is 20.7 Å². The van der Waals surface area contributed by atoms with Crippen LogP contribution in [0.2, 0.25) is 0 Å². The van der Waals surface area contributed by atoms with Crippen molar-refractivity contribution < 1.29 is 17.9 Å². The molecule has 1 aromatic carbocycles. The Morgan fingerprint density at radius 1 is 0.971 bits per heavy atom. The first-order chi connectivity index (χ1) is 16.4. The quantitative estimate of drug-likeness (QED) is 0.459. The number of halogens is 3. The van der Waals surface area contributed by atoms with Gasteiger partial charge in [-0.1, -0.05) is 6.07 Å². The Morgan fingerprint density at radius 3 is 2.53 bits per heavy atom. The molecule has 0 radical (unpaired) electrons. The number of aromatic nitrogens is 4. The molecule has 8 nitrogen and oxygen atoms in total. The fourth-order valence-corrected chi connectivity index (χ4v) is 3.68. The number of nitrogens with one attached hydrogen (secondary N) is 1. The standard InChI is InChI=1S/C23H20F3N7O/c24-23(25,26)15-2-3-16-17(5-6-28-19(16)11-15)30-21-12-18(14-1-4-20(27)29-13-14)31-22(32-21)33-7-9-34-10-8-33/h1-6,11-13H,7-10H2,(H2,27,29)(H,28,30,31,32). The van der Waals surface area contributed by atoms with Crippen molar-refractivity contribution >= 4 is 34.2 Å². The van der Waals surface area contributed by atoms with Gasteiger partial charge in [-0.05, 0) is 30.3 Å². The van der Waals surface area contributed by atoms with Gasteiger partial charge in [0.1, 0.15) is 11.6 Å². The van der Waals surface area contributed by atoms with Gasteiger partial charge in [0.15, 0.2) is 0 Å². The van der Waals surface area contributed by atoms with Gasteiger partial charge in [-0.15, -0.1) is 0 Å². The monoisotopic (exact) mass is 467 g/mol. The third-order valence-electron chi connectivity index (χ3n) is 5.42. The molecule has 0 amide bonds. The average molecular weight is 467 g/mol. The van der Waals surface area contributed by atoms with Crippen LogP contribution in [0.15, 0.2) is 54.9 Å². The summed E-state index contributed by atoms with van der Waals surface area (Å²) in [6, 6.07) is 10.4. The van der Waals surface area contributed by atoms with Gasteiger partial charge in [-0.2, -0.15) is 18.2 Å². The van der Waals surface area contributed by atoms with Crippen molar-refractivity contribution in [3.8, 4) is 11.3 Å². The maximum Gasteiger partial charge on any atom is 0.416 e. The minimum Gasteiger partial charge on any atom is -0.384 e. The summed E-state index contributed by atoms with van der Waals surface area (Å²) in [7, 11) is 0. The third kappa shape index (κ3) is 4.55. The van der Waals surface area contributed by atoms with E-state index >= 15 is 0 Å². The Labute approximate surface area is 192 Å². The Balaban J connectivity index is 1.55. The fourth-order valence-electron chi connectivity index (χ4n) is 3.68. The first-order valence-electron chi connectivity index (χ1n) is 10.5. The number of fused-ring (bicyclic) bond motifs is 1. The molecule has 4 aromatic rings. The van der Waals surface area contributed by atoms with E-state index in [0.29, 0.717) is 60.7 Å². The van der Waals surface area contributed by atoms with Crippen molar-refractivity contribution in [1.29, 1.82) is 0 Å². The molecular formula is C23H20F3N7O. The molecule has 0 bridgehead atoms. The first-order valence-corrected chi connectivity index (χ1v) is 10.5. The number of rotatable bonds is 4. The van der Waals surface area contributed by atoms with Crippen molar-refractivity contribution in [2.75, 3.05) is 42.3 Å². The fraction of sp³-hybridized carbons (Fsp3) is 0.217. The zero-order valence-electron chi connectivity index (χ0n) is 17.9. The summed E-state index contributed by atoms with van der Waals surface area (Å²) in [5.74, 6) is 1.39. The van der Waals surface area contributed by atoms with E-state index < -0.39 is 11.7 Å². The molecule has 0 aliphatic carbocycles. The summed E-state index contributed by atoms with van der Waals surface area (Å²) in [5, 5.41) is 3.77. The van der Waals surface area contributed by atoms with Crippen LogP contribution in [0.25, 0.3) is 22.2 Å². The van der Waals surface area contributed by atoms with Crippen molar-refractivity contribution in [1.82, 2.24) is 19.9 Å². The number of morpholine rings is 1. The summed E-state index contributed by atoms with van der Waals surface area (Å²) in [6.45, 7) is 2.41. The molecule has 34 heavy (non-hydrogen) atoms. The van der Waals surface area contributed by atoms with Gasteiger partial charge in [0.2, 0.25) is 5.95 Å². The molecule has 174 valence electrons. The Morgan fingerprint density at radius 2 is 1.79 bits per heavy atom. The largest absolute Gasteiger partial charge is 0.416 e. The highest BCUT2D eigenvalue weighted by atomic mass is 19.4. The van der Waals surface area contributed by atoms with E-state index in [9.17, 15) is 13.2 Å². The van der Waals surface area contributed by atoms with Crippen LogP contribution >= 0.6 is 0 Å². The molecule has 1 aliphatic heterocycles. The van der Waals surface area contributed by atoms with Crippen LogP contribution in [0.5, 0.6) is 0 Å². The van der Waals surface area contributed by atoms with Crippen LogP contribution < -0.4 is 16.0 Å². The maximum atomic E-state index is 13.1. The number of alkyl halides is 3. The molecule has 3 N–H and O–H groups in total. The second kappa shape index (κ2) is 8.75. The van der Waals surface area contributed by atoms with Crippen LogP contribution in [0.4, 0.5) is 36.4 Å². The lowest BCUT2D eigenvalue weighted by atomic mass is 10.1. The number of anilines is 4. The lowest BCUT2D eigenvalue weighted by molar-refractivity contribution is -0.137. The second-order valence-electron chi connectivity index (χ2n) is 7.72. The minimum atomic E-state index is -4.44. The predicted octanol–water partition coefficient (Wildman–Crippen LogP) is 4.27. The molecule has 0 unspecified atom stereocenters. The summed E-state index contributed by atoms with van der Waals surface area (Å²) >= 11 is 0. The SMILES string of the molecule is Nc1ccc(-c2cc(Nc3ccnc4cc(C(F)(F)F)ccc34)nc(N3CCOCC3)n2)cn1. The topological polar surface area (TPSA) is 102 Å². The molecule has 1 aliphatic rings. The van der Waals surface area contributed by atoms with Crippen LogP contribution in [0.1, 0.15) is 5.56 Å². The van der Waals surface area contributed by atoms with Crippen molar-refractivity contribution in [2.45, 2.75) is 6.18 Å². The summed E-state index contributed by atoms with van der Waals surface area (Å²) in [6.07, 6.45) is -1.36. The van der Waals surface area contributed by atoms with E-state index in [2.05, 4.69) is 20.3 Å². The van der Waals surface area contributed by atoms with Gasteiger partial charge in [-0.25, -0.2) is 9.97 Å². The normalized spacial score (nSPS) is 14.4. The number of ether oxygens (including phenoxy) is 1. The first kappa shape index (κ1) is 21.8. The van der Waals surface area contributed by atoms with Crippen molar-refractivity contribution in [3.05, 3.63) is 60.4 Å². The molecule has 3 aromatic heterocycles. The summed E-state index contributed by atoms with van der Waals surface area (Å²) < 4.78 is 44.8. The smallest absolute Gasteiger partial charge is 0.384 e. The van der Waals surface area contributed by atoms with Crippen molar-refractivity contribution in [3.63, 3.8) is 0 Å². The zero-order chi connectivity index (χ0) is 23.7. The summed E-state index contributed by atoms with van der Waals surface area (Å²) in [4.78, 5) is 19.6. The Hall–Kier alpha value is -3.99. The molecule has 0 spiro atoms. The molecule has 11 heteroatoms. The molecule has 0 saturated carbocycles. The van der Waals surface area contributed by atoms with Crippen LogP contribution in [0.3, 0.4) is 0 Å². The average Bonchev–Trinajstić information content (AvgIpc) is 2.84. The van der Waals surface area contributed by atoms with E-state index in [1.54, 1.807) is 24.4 Å². The number of pyridine rings is 2. The third-order valence-corrected chi connectivity index (χ3v) is 5.42. The number of benzene rings is 1. The highest BCUT2D eigenvalue weighted by Gasteiger charge is 2.30. The second-order valence-corrected chi connectivity index (χ2v) is 7.72. The molecule has 0 atom stereocenters. The van der Waals surface area contributed by atoms with Crippen LogP contribution in [-0.4, -0.2) is 46.2 Å². The Kier molecular flexibility index (Phi) is 5.62. The number of hydrogen-bond donors (Lipinski definition) is 2. The molecule has 5 rings (SSSR count). The number of nitrogens with zero attached hydrogens (tertiary/aromatic N) is 5. The highest BCUT2D eigenvalue weighted by Crippen LogP contribution is 2.34. The van der Waals surface area contributed by atoms with Crippen LogP contribution in [0, 0.1) is 0 Å². The van der Waals surface area contributed by atoms with Gasteiger partial charge in [0.05, 0.1) is 35.7 Å². The predicted molar refractivity (Wildman–Crippen MR) is 123 cm³/mol. The number of hydrogen-bond acceptors (Lipinski definition) is 8. The van der Waals surface area contributed by atoms with Gasteiger partial charge in [0, 0.05) is 42.5 Å². The number of nitrogen functional groups attached to an aromatic ring is 1. The van der Waals surface area contributed by atoms with Gasteiger partial charge in [0.25, 0.3) is 0 Å². The molecule has 4 heterocycles. The minimum absolute atomic E-state index is 0.227. The van der Waals surface area contributed by atoms with E-state index in [1.807, 2.05) is 11.0 Å². The highest BCUT2D eigenvalue weighted by molar-refractivity contribution is 5.93. The van der Waals surface area contributed by atoms with E-state index in [-0.39, 0.29) is 5.52 Å². The van der Waals surface area contributed by atoms with E-state index in [4.69, 9.17) is 15.5 Å². The van der Waals surface area contributed by atoms with E-state index in [0.717, 1.165) is 17.7 Å². The molecular weight excluding hydrogens is 447 g/mol. The zero-order valence-corrected chi connectivity index (χ0v) is 17.9. The van der Waals surface area contributed by atoms with Gasteiger partial charge in [-0.3, -0.25) is 4.98 Å². The summed E-state index contributed by atoms with van der Waals surface area (Å²) in [5.41, 5.74) is 7.15. The molecule has 1 fully saturated rings. The van der Waals surface area contributed by atoms with Gasteiger partial charge >= 0.3 is 6.18 Å². The molecule has 1 saturated heterocycles. The Bertz CT molecular complexity index is 1320. The lowest BCUT2D eigenvalue weighted by Gasteiger charge is -2.27. The maximum absolute atomic E-state index is 13.1. The number of nitrogens with two attached hydrogens (primary N) is 1. The van der Waals surface area contributed by atoms with Crippen molar-refractivity contribution in [2.24, 2.45) is 0 Å².